The molecule has 0 aromatic carbocycles. The molecule has 1 amide bonds. The largest absolute Gasteiger partial charge is 0.465 e. The molecular formula is C22H35NO3S. The molecule has 0 aliphatic heterocycles. The van der Waals surface area contributed by atoms with Gasteiger partial charge in [-0.05, 0) is 49.0 Å². The fraction of sp³-hybridized carbons (Fsp3) is 0.727. The fourth-order valence-electron chi connectivity index (χ4n) is 3.92. The van der Waals surface area contributed by atoms with Gasteiger partial charge in [0.15, 0.2) is 0 Å². The SMILES string of the molecule is CCCCC(CC)C(=O)Nc1sc2c(c1C(=O)OC)CCC(C(C)(C)C)C2. The first-order chi connectivity index (χ1) is 12.7. The van der Waals surface area contributed by atoms with Gasteiger partial charge in [-0.1, -0.05) is 47.5 Å². The number of thiophene rings is 1. The van der Waals surface area contributed by atoms with Gasteiger partial charge in [-0.3, -0.25) is 4.79 Å². The molecule has 0 saturated heterocycles. The van der Waals surface area contributed by atoms with E-state index in [2.05, 4.69) is 39.9 Å². The second kappa shape index (κ2) is 9.22. The maximum absolute atomic E-state index is 12.8. The Hall–Kier alpha value is -1.36. The van der Waals surface area contributed by atoms with Crippen molar-refractivity contribution in [3.63, 3.8) is 0 Å². The average Bonchev–Trinajstić information content (AvgIpc) is 2.97. The maximum atomic E-state index is 12.8. The Morgan fingerprint density at radius 2 is 2.00 bits per heavy atom. The van der Waals surface area contributed by atoms with Crippen LogP contribution < -0.4 is 5.32 Å². The molecule has 152 valence electrons. The zero-order valence-corrected chi connectivity index (χ0v) is 18.6. The molecule has 0 radical (unpaired) electrons. The van der Waals surface area contributed by atoms with Crippen LogP contribution in [0.1, 0.15) is 87.5 Å². The third kappa shape index (κ3) is 5.13. The lowest BCUT2D eigenvalue weighted by atomic mass is 9.72. The molecule has 1 aliphatic carbocycles. The summed E-state index contributed by atoms with van der Waals surface area (Å²) >= 11 is 1.57. The van der Waals surface area contributed by atoms with Gasteiger partial charge in [0.1, 0.15) is 5.00 Å². The number of hydrogen-bond donors (Lipinski definition) is 1. The Kier molecular flexibility index (Phi) is 7.49. The van der Waals surface area contributed by atoms with Crippen LogP contribution in [0.5, 0.6) is 0 Å². The van der Waals surface area contributed by atoms with Crippen LogP contribution in [0.2, 0.25) is 0 Å². The van der Waals surface area contributed by atoms with Crippen LogP contribution in [-0.2, 0) is 22.4 Å². The fourth-order valence-corrected chi connectivity index (χ4v) is 5.23. The summed E-state index contributed by atoms with van der Waals surface area (Å²) in [5.41, 5.74) is 1.91. The highest BCUT2D eigenvalue weighted by Crippen LogP contribution is 2.44. The highest BCUT2D eigenvalue weighted by molar-refractivity contribution is 7.17. The summed E-state index contributed by atoms with van der Waals surface area (Å²) in [7, 11) is 1.41. The minimum Gasteiger partial charge on any atom is -0.465 e. The van der Waals surface area contributed by atoms with Gasteiger partial charge in [0.2, 0.25) is 5.91 Å². The highest BCUT2D eigenvalue weighted by atomic mass is 32.1. The summed E-state index contributed by atoms with van der Waals surface area (Å²) in [4.78, 5) is 26.5. The lowest BCUT2D eigenvalue weighted by Crippen LogP contribution is -2.26. The molecule has 1 N–H and O–H groups in total. The van der Waals surface area contributed by atoms with Crippen molar-refractivity contribution in [2.45, 2.75) is 79.6 Å². The molecule has 0 bridgehead atoms. The topological polar surface area (TPSA) is 55.4 Å². The molecule has 0 fully saturated rings. The molecule has 5 heteroatoms. The number of nitrogens with one attached hydrogen (secondary N) is 1. The number of ether oxygens (including phenoxy) is 1. The first kappa shape index (κ1) is 21.9. The molecule has 4 nitrogen and oxygen atoms in total. The summed E-state index contributed by atoms with van der Waals surface area (Å²) in [5, 5.41) is 3.76. The van der Waals surface area contributed by atoms with Crippen molar-refractivity contribution in [1.82, 2.24) is 0 Å². The van der Waals surface area contributed by atoms with Crippen LogP contribution >= 0.6 is 11.3 Å². The van der Waals surface area contributed by atoms with E-state index >= 15 is 0 Å². The van der Waals surface area contributed by atoms with Crippen LogP contribution in [0.3, 0.4) is 0 Å². The summed E-state index contributed by atoms with van der Waals surface area (Å²) in [6.07, 6.45) is 6.75. The molecule has 1 aromatic rings. The molecule has 27 heavy (non-hydrogen) atoms. The van der Waals surface area contributed by atoms with Crippen molar-refractivity contribution in [3.05, 3.63) is 16.0 Å². The van der Waals surface area contributed by atoms with Crippen molar-refractivity contribution in [2.24, 2.45) is 17.3 Å². The number of carbonyl (C=O) groups excluding carboxylic acids is 2. The van der Waals surface area contributed by atoms with E-state index in [1.807, 2.05) is 0 Å². The molecule has 0 saturated carbocycles. The summed E-state index contributed by atoms with van der Waals surface area (Å²) < 4.78 is 5.05. The molecule has 1 aliphatic rings. The summed E-state index contributed by atoms with van der Waals surface area (Å²) in [5.74, 6) is 0.281. The molecule has 2 rings (SSSR count). The van der Waals surface area contributed by atoms with Gasteiger partial charge in [-0.15, -0.1) is 11.3 Å². The van der Waals surface area contributed by atoms with Crippen LogP contribution in [0.15, 0.2) is 0 Å². The third-order valence-corrected chi connectivity index (χ3v) is 7.06. The molecule has 1 heterocycles. The highest BCUT2D eigenvalue weighted by Gasteiger charge is 2.34. The zero-order valence-electron chi connectivity index (χ0n) is 17.7. The Morgan fingerprint density at radius 1 is 1.30 bits per heavy atom. The predicted octanol–water partition coefficient (Wildman–Crippen LogP) is 5.84. The van der Waals surface area contributed by atoms with Crippen molar-refractivity contribution in [2.75, 3.05) is 12.4 Å². The van der Waals surface area contributed by atoms with E-state index in [0.717, 1.165) is 50.5 Å². The Labute approximate surface area is 168 Å². The predicted molar refractivity (Wildman–Crippen MR) is 113 cm³/mol. The molecule has 1 aromatic heterocycles. The molecule has 2 atom stereocenters. The van der Waals surface area contributed by atoms with Gasteiger partial charge < -0.3 is 10.1 Å². The van der Waals surface area contributed by atoms with Crippen molar-refractivity contribution < 1.29 is 14.3 Å². The van der Waals surface area contributed by atoms with E-state index in [1.54, 1.807) is 11.3 Å². The first-order valence-electron chi connectivity index (χ1n) is 10.3. The van der Waals surface area contributed by atoms with Crippen LogP contribution in [0.4, 0.5) is 5.00 Å². The normalized spacial score (nSPS) is 17.9. The number of methoxy groups -OCH3 is 1. The molecule has 2 unspecified atom stereocenters. The van der Waals surface area contributed by atoms with Crippen LogP contribution in [-0.4, -0.2) is 19.0 Å². The standard InChI is InChI=1S/C22H35NO3S/c1-7-9-10-14(8-2)19(24)23-20-18(21(25)26-6)16-12-11-15(22(3,4)5)13-17(16)27-20/h14-15H,7-13H2,1-6H3,(H,23,24). The Bertz CT molecular complexity index is 672. The first-order valence-corrected chi connectivity index (χ1v) is 11.1. The number of fused-ring (bicyclic) bond motifs is 1. The number of rotatable bonds is 7. The van der Waals surface area contributed by atoms with Gasteiger partial charge >= 0.3 is 5.97 Å². The van der Waals surface area contributed by atoms with E-state index < -0.39 is 0 Å². The Morgan fingerprint density at radius 3 is 2.56 bits per heavy atom. The van der Waals surface area contributed by atoms with E-state index in [0.29, 0.717) is 16.5 Å². The number of amides is 1. The number of esters is 1. The minimum absolute atomic E-state index is 0.00287. The van der Waals surface area contributed by atoms with Gasteiger partial charge in [-0.25, -0.2) is 4.79 Å². The van der Waals surface area contributed by atoms with Crippen molar-refractivity contribution in [1.29, 1.82) is 0 Å². The number of hydrogen-bond acceptors (Lipinski definition) is 4. The minimum atomic E-state index is -0.335. The lowest BCUT2D eigenvalue weighted by Gasteiger charge is -2.33. The second-order valence-electron chi connectivity index (χ2n) is 8.74. The second-order valence-corrected chi connectivity index (χ2v) is 9.85. The van der Waals surface area contributed by atoms with E-state index in [1.165, 1.54) is 12.0 Å². The van der Waals surface area contributed by atoms with Gasteiger partial charge in [0.25, 0.3) is 0 Å². The smallest absolute Gasteiger partial charge is 0.341 e. The lowest BCUT2D eigenvalue weighted by molar-refractivity contribution is -0.120. The summed E-state index contributed by atoms with van der Waals surface area (Å²) in [6.45, 7) is 11.0. The zero-order chi connectivity index (χ0) is 20.2. The number of anilines is 1. The van der Waals surface area contributed by atoms with E-state index in [-0.39, 0.29) is 23.2 Å². The van der Waals surface area contributed by atoms with Crippen LogP contribution in [0, 0.1) is 17.3 Å². The number of carbonyl (C=O) groups is 2. The van der Waals surface area contributed by atoms with Crippen molar-refractivity contribution in [3.8, 4) is 0 Å². The maximum Gasteiger partial charge on any atom is 0.341 e. The van der Waals surface area contributed by atoms with Gasteiger partial charge in [-0.2, -0.15) is 0 Å². The number of unbranched alkanes of at least 4 members (excludes halogenated alkanes) is 1. The van der Waals surface area contributed by atoms with E-state index in [4.69, 9.17) is 4.74 Å². The monoisotopic (exact) mass is 393 g/mol. The van der Waals surface area contributed by atoms with Gasteiger partial charge in [0.05, 0.1) is 12.7 Å². The van der Waals surface area contributed by atoms with E-state index in [9.17, 15) is 9.59 Å². The molecular weight excluding hydrogens is 358 g/mol. The molecule has 0 spiro atoms. The average molecular weight is 394 g/mol. The quantitative estimate of drug-likeness (QED) is 0.592. The summed E-state index contributed by atoms with van der Waals surface area (Å²) in [6, 6.07) is 0. The Balaban J connectivity index is 2.30. The van der Waals surface area contributed by atoms with Crippen molar-refractivity contribution >= 4 is 28.2 Å². The van der Waals surface area contributed by atoms with Crippen LogP contribution in [0.25, 0.3) is 0 Å². The third-order valence-electron chi connectivity index (χ3n) is 5.89. The van der Waals surface area contributed by atoms with Gasteiger partial charge in [0, 0.05) is 10.8 Å².